The third-order valence-electron chi connectivity index (χ3n) is 1.42. The normalized spacial score (nSPS) is 13.1. The zero-order valence-electron chi connectivity index (χ0n) is 9.10. The Balaban J connectivity index is 3.83. The smallest absolute Gasteiger partial charge is 0.313 e. The van der Waals surface area contributed by atoms with Gasteiger partial charge in [-0.05, 0) is 6.92 Å². The molecule has 16 heavy (non-hydrogen) atoms. The molecule has 1 amide bonds. The number of carbonyl (C=O) groups is 2. The van der Waals surface area contributed by atoms with Gasteiger partial charge in [-0.1, -0.05) is 0 Å². The van der Waals surface area contributed by atoms with E-state index in [2.05, 4.69) is 5.32 Å². The second-order valence-corrected chi connectivity index (χ2v) is 6.62. The van der Waals surface area contributed by atoms with Crippen LogP contribution in [0.25, 0.3) is 0 Å². The maximum Gasteiger partial charge on any atom is 0.313 e. The van der Waals surface area contributed by atoms with Crippen molar-refractivity contribution in [3.63, 3.8) is 0 Å². The predicted molar refractivity (Wildman–Crippen MR) is 62.3 cm³/mol. The highest BCUT2D eigenvalue weighted by molar-refractivity contribution is 8.00. The van der Waals surface area contributed by atoms with Crippen LogP contribution in [0.3, 0.4) is 0 Å². The molecule has 0 radical (unpaired) electrons. The molecule has 0 heterocycles. The van der Waals surface area contributed by atoms with Gasteiger partial charge in [-0.2, -0.15) is 0 Å². The molecule has 0 aromatic carbocycles. The van der Waals surface area contributed by atoms with Crippen LogP contribution in [0.2, 0.25) is 0 Å². The molecule has 1 unspecified atom stereocenters. The van der Waals surface area contributed by atoms with Crippen molar-refractivity contribution in [1.82, 2.24) is 5.32 Å². The number of aliphatic carboxylic acids is 1. The van der Waals surface area contributed by atoms with Crippen LogP contribution in [0, 0.1) is 0 Å². The third kappa shape index (κ3) is 9.78. The molecular weight excluding hydrogens is 254 g/mol. The highest BCUT2D eigenvalue weighted by atomic mass is 32.2. The Morgan fingerprint density at radius 3 is 2.38 bits per heavy atom. The van der Waals surface area contributed by atoms with Crippen LogP contribution in [0.5, 0.6) is 0 Å². The van der Waals surface area contributed by atoms with E-state index in [-0.39, 0.29) is 23.2 Å². The molecule has 0 spiro atoms. The lowest BCUT2D eigenvalue weighted by Crippen LogP contribution is -2.38. The molecule has 0 saturated heterocycles. The quantitative estimate of drug-likeness (QED) is 0.637. The Morgan fingerprint density at radius 2 is 1.94 bits per heavy atom. The van der Waals surface area contributed by atoms with Gasteiger partial charge in [0.1, 0.15) is 9.84 Å². The minimum atomic E-state index is -3.12. The first kappa shape index (κ1) is 15.2. The average Bonchev–Trinajstić information content (AvgIpc) is 1.98. The van der Waals surface area contributed by atoms with Gasteiger partial charge in [-0.3, -0.25) is 9.59 Å². The second-order valence-electron chi connectivity index (χ2n) is 3.45. The molecule has 8 heteroatoms. The lowest BCUT2D eigenvalue weighted by molar-refractivity contribution is -0.133. The molecule has 0 aliphatic rings. The van der Waals surface area contributed by atoms with Gasteiger partial charge >= 0.3 is 5.97 Å². The summed E-state index contributed by atoms with van der Waals surface area (Å²) in [5, 5.41) is 10.8. The van der Waals surface area contributed by atoms with Gasteiger partial charge < -0.3 is 10.4 Å². The van der Waals surface area contributed by atoms with E-state index in [1.807, 2.05) is 0 Å². The summed E-state index contributed by atoms with van der Waals surface area (Å²) in [6.07, 6.45) is 1.09. The third-order valence-corrected chi connectivity index (χ3v) is 3.44. The number of sulfone groups is 1. The van der Waals surface area contributed by atoms with Crippen molar-refractivity contribution in [3.05, 3.63) is 0 Å². The average molecular weight is 269 g/mol. The van der Waals surface area contributed by atoms with E-state index in [4.69, 9.17) is 5.11 Å². The van der Waals surface area contributed by atoms with E-state index < -0.39 is 21.8 Å². The van der Waals surface area contributed by atoms with Crippen molar-refractivity contribution in [2.24, 2.45) is 0 Å². The molecule has 94 valence electrons. The lowest BCUT2D eigenvalue weighted by atomic mass is 10.4. The summed E-state index contributed by atoms with van der Waals surface area (Å²) in [6.45, 7) is 1.58. The summed E-state index contributed by atoms with van der Waals surface area (Å²) in [6, 6.07) is -0.465. The Morgan fingerprint density at radius 1 is 1.38 bits per heavy atom. The topological polar surface area (TPSA) is 101 Å². The van der Waals surface area contributed by atoms with E-state index in [0.717, 1.165) is 18.0 Å². The maximum atomic E-state index is 11.2. The number of carboxylic acids is 1. The van der Waals surface area contributed by atoms with Crippen LogP contribution >= 0.6 is 11.8 Å². The van der Waals surface area contributed by atoms with Gasteiger partial charge in [0.15, 0.2) is 0 Å². The Labute approximate surface area is 98.7 Å². The van der Waals surface area contributed by atoms with Gasteiger partial charge in [-0.25, -0.2) is 8.42 Å². The molecule has 0 bridgehead atoms. The number of carbonyl (C=O) groups excluding carboxylic acids is 1. The van der Waals surface area contributed by atoms with Gasteiger partial charge in [-0.15, -0.1) is 11.8 Å². The number of rotatable bonds is 7. The van der Waals surface area contributed by atoms with Crippen molar-refractivity contribution < 1.29 is 23.1 Å². The maximum absolute atomic E-state index is 11.2. The van der Waals surface area contributed by atoms with E-state index in [1.165, 1.54) is 0 Å². The lowest BCUT2D eigenvalue weighted by Gasteiger charge is -2.12. The Kier molecular flexibility index (Phi) is 6.42. The van der Waals surface area contributed by atoms with Crippen LogP contribution in [0.1, 0.15) is 6.92 Å². The van der Waals surface area contributed by atoms with Crippen molar-refractivity contribution >= 4 is 33.5 Å². The standard InChI is InChI=1S/C8H15NO5S2/c1-6(5-16(2,13)14)9-7(10)3-15-4-8(11)12/h6H,3-5H2,1-2H3,(H,9,10)(H,11,12). The van der Waals surface area contributed by atoms with Crippen LogP contribution < -0.4 is 5.32 Å². The van der Waals surface area contributed by atoms with E-state index in [1.54, 1.807) is 6.92 Å². The van der Waals surface area contributed by atoms with Crippen LogP contribution in [-0.4, -0.2) is 55.0 Å². The molecule has 0 aliphatic carbocycles. The molecule has 0 fully saturated rings. The summed E-state index contributed by atoms with van der Waals surface area (Å²) in [5.74, 6) is -1.60. The van der Waals surface area contributed by atoms with Crippen molar-refractivity contribution in [2.45, 2.75) is 13.0 Å². The molecule has 0 rings (SSSR count). The fraction of sp³-hybridized carbons (Fsp3) is 0.750. The number of amides is 1. The first-order valence-corrected chi connectivity index (χ1v) is 7.69. The number of nitrogens with one attached hydrogen (secondary N) is 1. The van der Waals surface area contributed by atoms with Gasteiger partial charge in [0.05, 0.1) is 17.3 Å². The highest BCUT2D eigenvalue weighted by Gasteiger charge is 2.13. The van der Waals surface area contributed by atoms with Crippen LogP contribution in [-0.2, 0) is 19.4 Å². The fourth-order valence-corrected chi connectivity index (χ4v) is 2.58. The molecule has 6 nitrogen and oxygen atoms in total. The monoisotopic (exact) mass is 269 g/mol. The SMILES string of the molecule is CC(CS(C)(=O)=O)NC(=O)CSCC(=O)O. The summed E-state index contributed by atoms with van der Waals surface area (Å²) in [4.78, 5) is 21.4. The number of thioether (sulfide) groups is 1. The van der Waals surface area contributed by atoms with Crippen molar-refractivity contribution in [1.29, 1.82) is 0 Å². The van der Waals surface area contributed by atoms with Gasteiger partial charge in [0.2, 0.25) is 5.91 Å². The predicted octanol–water partition coefficient (Wildman–Crippen LogP) is -0.646. The van der Waals surface area contributed by atoms with Gasteiger partial charge in [0, 0.05) is 12.3 Å². The largest absolute Gasteiger partial charge is 0.481 e. The Hall–Kier alpha value is -0.760. The summed E-state index contributed by atoms with van der Waals surface area (Å²) in [7, 11) is -3.12. The molecular formula is C8H15NO5S2. The van der Waals surface area contributed by atoms with E-state index in [0.29, 0.717) is 0 Å². The molecule has 0 aromatic rings. The van der Waals surface area contributed by atoms with Gasteiger partial charge in [0.25, 0.3) is 0 Å². The second kappa shape index (κ2) is 6.74. The van der Waals surface area contributed by atoms with E-state index >= 15 is 0 Å². The summed E-state index contributed by atoms with van der Waals surface area (Å²) < 4.78 is 21.8. The number of hydrogen-bond acceptors (Lipinski definition) is 5. The summed E-state index contributed by atoms with van der Waals surface area (Å²) in [5.41, 5.74) is 0. The molecule has 0 aliphatic heterocycles. The zero-order valence-corrected chi connectivity index (χ0v) is 10.7. The minimum absolute atomic E-state index is 0.0143. The van der Waals surface area contributed by atoms with E-state index in [9.17, 15) is 18.0 Å². The molecule has 1 atom stereocenters. The first-order valence-electron chi connectivity index (χ1n) is 4.47. The fourth-order valence-electron chi connectivity index (χ4n) is 1.04. The van der Waals surface area contributed by atoms with Crippen molar-refractivity contribution in [2.75, 3.05) is 23.5 Å². The van der Waals surface area contributed by atoms with Crippen molar-refractivity contribution in [3.8, 4) is 0 Å². The number of carboxylic acid groups (broad SMARTS) is 1. The van der Waals surface area contributed by atoms with Crippen LogP contribution in [0.4, 0.5) is 0 Å². The molecule has 2 N–H and O–H groups in total. The first-order chi connectivity index (χ1) is 7.20. The molecule has 0 aromatic heterocycles. The molecule has 0 saturated carbocycles. The number of hydrogen-bond donors (Lipinski definition) is 2. The highest BCUT2D eigenvalue weighted by Crippen LogP contribution is 1.99. The minimum Gasteiger partial charge on any atom is -0.481 e. The summed E-state index contributed by atoms with van der Waals surface area (Å²) >= 11 is 0.968. The van der Waals surface area contributed by atoms with Crippen LogP contribution in [0.15, 0.2) is 0 Å². The Bertz CT molecular complexity index is 351. The zero-order chi connectivity index (χ0) is 12.8.